The monoisotopic (exact) mass is 139 g/mol. The van der Waals surface area contributed by atoms with E-state index < -0.39 is 37.0 Å². The predicted molar refractivity (Wildman–Crippen MR) is 33.9 cm³/mol. The molecule has 0 amide bonds. The molecule has 0 aromatic carbocycles. The fraction of sp³-hybridized carbons (Fsp3) is 0.800. The van der Waals surface area contributed by atoms with Crippen molar-refractivity contribution in [2.75, 3.05) is 6.54 Å². The zero-order chi connectivity index (χ0) is 13.4. The van der Waals surface area contributed by atoms with Crippen LogP contribution in [0, 0.1) is 0 Å². The Hall–Kier alpha value is -0.610. The lowest BCUT2D eigenvalue weighted by molar-refractivity contribution is -0.138. The van der Waals surface area contributed by atoms with Gasteiger partial charge in [-0.05, 0) is 19.3 Å². The highest BCUT2D eigenvalue weighted by Gasteiger charge is 2.08. The molecule has 0 aromatic rings. The summed E-state index contributed by atoms with van der Waals surface area (Å²) in [6.07, 6.45) is -6.18. The lowest BCUT2D eigenvalue weighted by atomic mass is 10.2. The SMILES string of the molecule is [2H]N([2H])[C@]([2H])(C(=O)O)C([2H])([2H])C([2H])([2H])CN. The molecule has 4 heteroatoms. The molecular weight excluding hydrogens is 120 g/mol. The maximum absolute atomic E-state index is 10.8. The third-order valence-electron chi connectivity index (χ3n) is 0.511. The average molecular weight is 139 g/mol. The van der Waals surface area contributed by atoms with E-state index >= 15 is 0 Å². The quantitative estimate of drug-likeness (QED) is 0.462. The summed E-state index contributed by atoms with van der Waals surface area (Å²) in [4.78, 5) is 10.8. The van der Waals surface area contributed by atoms with Crippen LogP contribution in [0.25, 0.3) is 0 Å². The van der Waals surface area contributed by atoms with Gasteiger partial charge in [0.1, 0.15) is 8.84 Å². The van der Waals surface area contributed by atoms with Crippen LogP contribution in [-0.2, 0) is 4.79 Å². The third kappa shape index (κ3) is 3.93. The number of carboxylic acid groups (broad SMARTS) is 1. The second-order valence-corrected chi connectivity index (χ2v) is 1.16. The second-order valence-electron chi connectivity index (χ2n) is 1.16. The molecule has 0 heterocycles. The van der Waals surface area contributed by atoms with Crippen molar-refractivity contribution in [1.82, 2.24) is 0 Å². The summed E-state index contributed by atoms with van der Waals surface area (Å²) >= 11 is 0. The fourth-order valence-electron chi connectivity index (χ4n) is 0.188. The topological polar surface area (TPSA) is 89.3 Å². The van der Waals surface area contributed by atoms with Crippen LogP contribution in [0.4, 0.5) is 0 Å². The molecule has 0 fully saturated rings. The number of rotatable bonds is 5. The summed E-state index contributed by atoms with van der Waals surface area (Å²) in [6.45, 7) is -0.873. The molecule has 9 heavy (non-hydrogen) atoms. The first-order valence-electron chi connectivity index (χ1n) is 5.56. The number of hydrogen-bond donors (Lipinski definition) is 3. The predicted octanol–water partition coefficient (Wildman–Crippen LogP) is -0.863. The Labute approximate surface area is 63.8 Å². The van der Waals surface area contributed by atoms with Crippen molar-refractivity contribution >= 4 is 5.97 Å². The number of hydrogen-bond acceptors (Lipinski definition) is 3. The van der Waals surface area contributed by atoms with Crippen molar-refractivity contribution in [2.45, 2.75) is 18.8 Å². The molecule has 0 bridgehead atoms. The van der Waals surface area contributed by atoms with E-state index in [0.717, 1.165) is 0 Å². The van der Waals surface area contributed by atoms with Crippen molar-refractivity contribution < 1.29 is 19.6 Å². The Morgan fingerprint density at radius 1 is 2.11 bits per heavy atom. The van der Waals surface area contributed by atoms with Crippen LogP contribution in [0.15, 0.2) is 0 Å². The van der Waals surface area contributed by atoms with Gasteiger partial charge in [0, 0.05) is 5.48 Å². The van der Waals surface area contributed by atoms with Gasteiger partial charge in [-0.15, -0.1) is 0 Å². The van der Waals surface area contributed by atoms with Gasteiger partial charge in [-0.1, -0.05) is 0 Å². The Bertz CT molecular complexity index is 284. The second kappa shape index (κ2) is 4.29. The van der Waals surface area contributed by atoms with Gasteiger partial charge in [0.15, 0.2) is 0 Å². The van der Waals surface area contributed by atoms with Crippen molar-refractivity contribution in [3.05, 3.63) is 0 Å². The summed E-state index contributed by atoms with van der Waals surface area (Å²) in [5, 5.41) is 8.68. The van der Waals surface area contributed by atoms with Crippen LogP contribution >= 0.6 is 0 Å². The van der Waals surface area contributed by atoms with Gasteiger partial charge in [0.25, 0.3) is 0 Å². The maximum Gasteiger partial charge on any atom is 0.320 e. The van der Waals surface area contributed by atoms with E-state index in [4.69, 9.17) is 20.5 Å². The molecule has 54 valence electrons. The first kappa shape index (κ1) is 2.21. The van der Waals surface area contributed by atoms with E-state index in [-0.39, 0.29) is 0 Å². The largest absolute Gasteiger partial charge is 0.480 e. The first-order chi connectivity index (χ1) is 6.95. The number of carboxylic acids is 1. The molecule has 0 saturated carbocycles. The smallest absolute Gasteiger partial charge is 0.320 e. The molecule has 5 N–H and O–H groups in total. The van der Waals surface area contributed by atoms with Crippen molar-refractivity contribution in [1.29, 1.82) is 0 Å². The van der Waals surface area contributed by atoms with Gasteiger partial charge < -0.3 is 16.6 Å². The summed E-state index contributed by atoms with van der Waals surface area (Å²) in [7, 11) is 0. The Balaban J connectivity index is 5.64. The summed E-state index contributed by atoms with van der Waals surface area (Å²) in [6, 6.07) is -3.41. The summed E-state index contributed by atoms with van der Waals surface area (Å²) in [5.74, 6) is -2.14. The summed E-state index contributed by atoms with van der Waals surface area (Å²) < 4.78 is 49.8. The number of nitrogens with two attached hydrogens (primary N) is 2. The van der Waals surface area contributed by atoms with Gasteiger partial charge in [-0.3, -0.25) is 4.79 Å². The average Bonchev–Trinajstić information content (AvgIpc) is 2.15. The highest BCUT2D eigenvalue weighted by molar-refractivity contribution is 5.72. The zero-order valence-corrected chi connectivity index (χ0v) is 4.59. The minimum atomic E-state index is -3.41. The zero-order valence-electron chi connectivity index (χ0n) is 11.6. The lowest BCUT2D eigenvalue weighted by Gasteiger charge is -2.02. The molecule has 0 radical (unpaired) electrons. The Morgan fingerprint density at radius 2 is 2.78 bits per heavy atom. The lowest BCUT2D eigenvalue weighted by Crippen LogP contribution is -2.30. The molecule has 0 rings (SSSR count). The maximum atomic E-state index is 10.8. The van der Waals surface area contributed by atoms with E-state index in [1.165, 1.54) is 0 Å². The Kier molecular flexibility index (Phi) is 1.05. The van der Waals surface area contributed by atoms with Crippen molar-refractivity contribution in [3.8, 4) is 0 Å². The van der Waals surface area contributed by atoms with E-state index in [1.807, 2.05) is 0 Å². The molecule has 0 aliphatic carbocycles. The molecular formula is C5H12N2O2. The van der Waals surface area contributed by atoms with Gasteiger partial charge in [0.05, 0.1) is 1.37 Å². The van der Waals surface area contributed by atoms with Gasteiger partial charge in [0.2, 0.25) is 0 Å². The van der Waals surface area contributed by atoms with Gasteiger partial charge in [-0.2, -0.15) is 0 Å². The highest BCUT2D eigenvalue weighted by atomic mass is 16.4. The molecule has 0 aliphatic rings. The van der Waals surface area contributed by atoms with Crippen LogP contribution in [-0.4, -0.2) is 23.6 Å². The third-order valence-corrected chi connectivity index (χ3v) is 0.511. The van der Waals surface area contributed by atoms with Crippen molar-refractivity contribution in [3.63, 3.8) is 0 Å². The van der Waals surface area contributed by atoms with E-state index in [9.17, 15) is 4.79 Å². The van der Waals surface area contributed by atoms with Crippen LogP contribution in [0.2, 0.25) is 2.82 Å². The highest BCUT2D eigenvalue weighted by Crippen LogP contribution is 1.91. The van der Waals surface area contributed by atoms with Crippen LogP contribution < -0.4 is 11.5 Å². The van der Waals surface area contributed by atoms with E-state index in [2.05, 4.69) is 0 Å². The van der Waals surface area contributed by atoms with E-state index in [1.54, 1.807) is 0 Å². The van der Waals surface area contributed by atoms with Crippen molar-refractivity contribution in [2.24, 2.45) is 11.5 Å². The van der Waals surface area contributed by atoms with E-state index in [0.29, 0.717) is 0 Å². The molecule has 0 saturated heterocycles. The van der Waals surface area contributed by atoms with Crippen LogP contribution in [0.1, 0.15) is 19.6 Å². The molecule has 0 aliphatic heterocycles. The molecule has 0 unspecified atom stereocenters. The minimum Gasteiger partial charge on any atom is -0.480 e. The molecule has 0 spiro atoms. The summed E-state index contributed by atoms with van der Waals surface area (Å²) in [5.41, 5.74) is 4.27. The van der Waals surface area contributed by atoms with Gasteiger partial charge >= 0.3 is 5.97 Å². The van der Waals surface area contributed by atoms with Gasteiger partial charge in [-0.25, -0.2) is 0 Å². The molecule has 1 atom stereocenters. The molecule has 0 aromatic heterocycles. The number of aliphatic carboxylic acids is 1. The van der Waals surface area contributed by atoms with Crippen LogP contribution in [0.3, 0.4) is 0 Å². The first-order valence-corrected chi connectivity index (χ1v) is 2.16. The molecule has 4 nitrogen and oxygen atoms in total. The minimum absolute atomic E-state index is 0.692. The normalized spacial score (nSPS) is 31.6. The number of carbonyl (C=O) groups is 1. The standard InChI is InChI=1S/C5H12N2O2/c6-3-1-2-4(7)5(8)9/h4H,1-3,6-7H2,(H,8,9)/t4-/m0/s1/i1D2,2D2,4D/hD2. The fourth-order valence-corrected chi connectivity index (χ4v) is 0.188. The Morgan fingerprint density at radius 3 is 3.11 bits per heavy atom. The van der Waals surface area contributed by atoms with Crippen LogP contribution in [0.5, 0.6) is 0 Å².